The minimum Gasteiger partial charge on any atom is -0.389 e. The maximum atomic E-state index is 12.1. The first-order chi connectivity index (χ1) is 9.97. The summed E-state index contributed by atoms with van der Waals surface area (Å²) in [5.41, 5.74) is 6.08. The Bertz CT molecular complexity index is 557. The molecule has 118 valence electrons. The predicted octanol–water partition coefficient (Wildman–Crippen LogP) is 2.96. The third-order valence-electron chi connectivity index (χ3n) is 3.25. The molecule has 21 heavy (non-hydrogen) atoms. The summed E-state index contributed by atoms with van der Waals surface area (Å²) in [7, 11) is -3.48. The van der Waals surface area contributed by atoms with Gasteiger partial charge in [-0.1, -0.05) is 63.4 Å². The first kappa shape index (κ1) is 18.1. The molecule has 1 rings (SSSR count). The van der Waals surface area contributed by atoms with Crippen LogP contribution in [-0.4, -0.2) is 20.0 Å². The highest BCUT2D eigenvalue weighted by atomic mass is 32.2. The van der Waals surface area contributed by atoms with Gasteiger partial charge in [-0.05, 0) is 18.6 Å². The van der Waals surface area contributed by atoms with E-state index in [1.807, 2.05) is 0 Å². The van der Waals surface area contributed by atoms with Crippen molar-refractivity contribution in [2.45, 2.75) is 50.3 Å². The third kappa shape index (κ3) is 6.54. The van der Waals surface area contributed by atoms with Gasteiger partial charge in [-0.15, -0.1) is 0 Å². The normalized spacial score (nSPS) is 11.5. The molecule has 0 aliphatic heterocycles. The zero-order chi connectivity index (χ0) is 15.7. The highest BCUT2D eigenvalue weighted by Gasteiger charge is 2.13. The molecule has 0 aliphatic carbocycles. The molecule has 6 heteroatoms. The van der Waals surface area contributed by atoms with Crippen molar-refractivity contribution in [3.63, 3.8) is 0 Å². The van der Waals surface area contributed by atoms with Crippen LogP contribution < -0.4 is 10.5 Å². The molecule has 0 heterocycles. The van der Waals surface area contributed by atoms with E-state index in [0.29, 0.717) is 12.1 Å². The van der Waals surface area contributed by atoms with Crippen LogP contribution in [-0.2, 0) is 10.0 Å². The van der Waals surface area contributed by atoms with Gasteiger partial charge in [0.15, 0.2) is 0 Å². The minimum atomic E-state index is -3.48. The van der Waals surface area contributed by atoms with Crippen molar-refractivity contribution in [1.82, 2.24) is 4.72 Å². The highest BCUT2D eigenvalue weighted by Crippen LogP contribution is 2.12. The Morgan fingerprint density at radius 3 is 2.52 bits per heavy atom. The van der Waals surface area contributed by atoms with E-state index < -0.39 is 10.0 Å². The summed E-state index contributed by atoms with van der Waals surface area (Å²) in [5, 5.41) is 0. The maximum Gasteiger partial charge on any atom is 0.240 e. The molecule has 0 saturated heterocycles. The van der Waals surface area contributed by atoms with E-state index in [-0.39, 0.29) is 9.88 Å². The maximum absolute atomic E-state index is 12.1. The van der Waals surface area contributed by atoms with Gasteiger partial charge in [0.1, 0.15) is 4.99 Å². The van der Waals surface area contributed by atoms with Crippen LogP contribution in [0.25, 0.3) is 0 Å². The summed E-state index contributed by atoms with van der Waals surface area (Å²) < 4.78 is 26.9. The first-order valence-electron chi connectivity index (χ1n) is 7.37. The second kappa shape index (κ2) is 9.12. The molecular weight excluding hydrogens is 304 g/mol. The first-order valence-corrected chi connectivity index (χ1v) is 9.26. The van der Waals surface area contributed by atoms with Crippen LogP contribution in [0.15, 0.2) is 29.2 Å². The molecule has 0 saturated carbocycles. The molecule has 0 atom stereocenters. The average molecular weight is 329 g/mol. The van der Waals surface area contributed by atoms with Crippen molar-refractivity contribution >= 4 is 27.2 Å². The lowest BCUT2D eigenvalue weighted by atomic mass is 10.1. The molecular formula is C15H24N2O2S2. The Hall–Kier alpha value is -0.980. The molecule has 1 aromatic rings. The molecule has 1 aromatic carbocycles. The molecule has 4 nitrogen and oxygen atoms in total. The summed E-state index contributed by atoms with van der Waals surface area (Å²) in [6.07, 6.45) is 6.75. The fourth-order valence-corrected chi connectivity index (χ4v) is 3.26. The fraction of sp³-hybridized carbons (Fsp3) is 0.533. The summed E-state index contributed by atoms with van der Waals surface area (Å²) in [4.78, 5) is 0.404. The number of sulfonamides is 1. The molecule has 0 bridgehead atoms. The van der Waals surface area contributed by atoms with E-state index >= 15 is 0 Å². The van der Waals surface area contributed by atoms with E-state index in [2.05, 4.69) is 11.6 Å². The smallest absolute Gasteiger partial charge is 0.240 e. The number of nitrogens with two attached hydrogens (primary N) is 1. The van der Waals surface area contributed by atoms with Gasteiger partial charge in [0, 0.05) is 12.1 Å². The van der Waals surface area contributed by atoms with E-state index in [4.69, 9.17) is 18.0 Å². The van der Waals surface area contributed by atoms with Crippen molar-refractivity contribution in [2.24, 2.45) is 5.73 Å². The Morgan fingerprint density at radius 1 is 1.19 bits per heavy atom. The lowest BCUT2D eigenvalue weighted by Gasteiger charge is -2.08. The van der Waals surface area contributed by atoms with Crippen LogP contribution in [0.5, 0.6) is 0 Å². The predicted molar refractivity (Wildman–Crippen MR) is 90.9 cm³/mol. The monoisotopic (exact) mass is 328 g/mol. The second-order valence-electron chi connectivity index (χ2n) is 5.06. The van der Waals surface area contributed by atoms with Crippen molar-refractivity contribution in [3.05, 3.63) is 29.8 Å². The van der Waals surface area contributed by atoms with Crippen LogP contribution in [0.1, 0.15) is 51.0 Å². The summed E-state index contributed by atoms with van der Waals surface area (Å²) in [5.74, 6) is 0. The third-order valence-corrected chi connectivity index (χ3v) is 4.95. The number of thiocarbonyl (C=S) groups is 1. The lowest BCUT2D eigenvalue weighted by Crippen LogP contribution is -2.25. The summed E-state index contributed by atoms with van der Waals surface area (Å²) >= 11 is 4.86. The Kier molecular flexibility index (Phi) is 7.85. The molecule has 3 N–H and O–H groups in total. The molecule has 0 spiro atoms. The van der Waals surface area contributed by atoms with Gasteiger partial charge in [0.2, 0.25) is 10.0 Å². The van der Waals surface area contributed by atoms with Crippen molar-refractivity contribution in [2.75, 3.05) is 6.54 Å². The van der Waals surface area contributed by atoms with Gasteiger partial charge in [0.25, 0.3) is 0 Å². The second-order valence-corrected chi connectivity index (χ2v) is 7.26. The van der Waals surface area contributed by atoms with Gasteiger partial charge in [-0.2, -0.15) is 0 Å². The van der Waals surface area contributed by atoms with Gasteiger partial charge in [-0.25, -0.2) is 13.1 Å². The topological polar surface area (TPSA) is 72.2 Å². The van der Waals surface area contributed by atoms with Gasteiger partial charge < -0.3 is 5.73 Å². The SMILES string of the molecule is CCCCCCCCNS(=O)(=O)c1cccc(C(N)=S)c1. The van der Waals surface area contributed by atoms with Gasteiger partial charge in [0.05, 0.1) is 4.90 Å². The molecule has 0 unspecified atom stereocenters. The summed E-state index contributed by atoms with van der Waals surface area (Å²) in [6, 6.07) is 6.40. The summed E-state index contributed by atoms with van der Waals surface area (Å²) in [6.45, 7) is 2.64. The zero-order valence-corrected chi connectivity index (χ0v) is 14.1. The number of hydrogen-bond acceptors (Lipinski definition) is 3. The Labute approximate surface area is 133 Å². The molecule has 0 fully saturated rings. The number of rotatable bonds is 10. The Morgan fingerprint density at radius 2 is 1.86 bits per heavy atom. The quantitative estimate of drug-likeness (QED) is 0.511. The lowest BCUT2D eigenvalue weighted by molar-refractivity contribution is 0.567. The minimum absolute atomic E-state index is 0.197. The van der Waals surface area contributed by atoms with Crippen LogP contribution in [0.4, 0.5) is 0 Å². The fourth-order valence-electron chi connectivity index (χ4n) is 2.01. The largest absolute Gasteiger partial charge is 0.389 e. The molecule has 0 amide bonds. The van der Waals surface area contributed by atoms with E-state index in [1.165, 1.54) is 25.3 Å². The number of unbranched alkanes of at least 4 members (excludes halogenated alkanes) is 5. The standard InChI is InChI=1S/C15H24N2O2S2/c1-2-3-4-5-6-7-11-17-21(18,19)14-10-8-9-13(12-14)15(16)20/h8-10,12,17H,2-7,11H2,1H3,(H2,16,20). The van der Waals surface area contributed by atoms with Crippen molar-refractivity contribution < 1.29 is 8.42 Å². The van der Waals surface area contributed by atoms with Gasteiger partial charge in [-0.3, -0.25) is 0 Å². The van der Waals surface area contributed by atoms with Crippen LogP contribution in [0.2, 0.25) is 0 Å². The van der Waals surface area contributed by atoms with Crippen LogP contribution in [0, 0.1) is 0 Å². The highest BCUT2D eigenvalue weighted by molar-refractivity contribution is 7.89. The molecule has 0 aromatic heterocycles. The number of hydrogen-bond donors (Lipinski definition) is 2. The molecule has 0 radical (unpaired) electrons. The number of nitrogens with one attached hydrogen (secondary N) is 1. The van der Waals surface area contributed by atoms with Crippen LogP contribution in [0.3, 0.4) is 0 Å². The van der Waals surface area contributed by atoms with Gasteiger partial charge >= 0.3 is 0 Å². The average Bonchev–Trinajstić information content (AvgIpc) is 2.46. The van der Waals surface area contributed by atoms with Crippen molar-refractivity contribution in [1.29, 1.82) is 0 Å². The van der Waals surface area contributed by atoms with E-state index in [0.717, 1.165) is 19.3 Å². The Balaban J connectivity index is 2.46. The van der Waals surface area contributed by atoms with Crippen LogP contribution >= 0.6 is 12.2 Å². The van der Waals surface area contributed by atoms with E-state index in [1.54, 1.807) is 18.2 Å². The zero-order valence-electron chi connectivity index (χ0n) is 12.5. The van der Waals surface area contributed by atoms with Crippen molar-refractivity contribution in [3.8, 4) is 0 Å². The molecule has 0 aliphatic rings. The van der Waals surface area contributed by atoms with E-state index in [9.17, 15) is 8.42 Å². The number of benzene rings is 1.